The summed E-state index contributed by atoms with van der Waals surface area (Å²) in [6.07, 6.45) is 7.67. The highest BCUT2D eigenvalue weighted by molar-refractivity contribution is 5.71. The molecule has 0 aliphatic rings. The summed E-state index contributed by atoms with van der Waals surface area (Å²) in [5, 5.41) is 6.32. The molecule has 7 nitrogen and oxygen atoms in total. The van der Waals surface area contributed by atoms with Gasteiger partial charge in [-0.25, -0.2) is 9.97 Å². The van der Waals surface area contributed by atoms with Crippen LogP contribution in [0.25, 0.3) is 0 Å². The van der Waals surface area contributed by atoms with E-state index in [1.807, 2.05) is 27.2 Å². The highest BCUT2D eigenvalue weighted by atomic mass is 15.2. The highest BCUT2D eigenvalue weighted by Crippen LogP contribution is 2.26. The molecule has 0 amide bonds. The molecule has 0 radical (unpaired) electrons. The Kier molecular flexibility index (Phi) is 6.08. The first-order valence-electron chi connectivity index (χ1n) is 7.97. The Bertz CT molecular complexity index is 660. The number of aryl methyl sites for hydroxylation is 2. The molecule has 124 valence electrons. The second-order valence-corrected chi connectivity index (χ2v) is 5.25. The molecule has 0 saturated heterocycles. The molecule has 2 N–H and O–H groups in total. The molecule has 0 spiro atoms. The lowest BCUT2D eigenvalue weighted by Gasteiger charge is -2.10. The van der Waals surface area contributed by atoms with Gasteiger partial charge in [0.05, 0.1) is 17.7 Å². The molecule has 2 aromatic heterocycles. The van der Waals surface area contributed by atoms with Gasteiger partial charge in [-0.3, -0.25) is 4.99 Å². The van der Waals surface area contributed by atoms with Gasteiger partial charge in [0, 0.05) is 39.0 Å². The minimum atomic E-state index is 0.606. The molecular formula is C16H25N7. The van der Waals surface area contributed by atoms with Crippen molar-refractivity contribution in [3.63, 3.8) is 0 Å². The van der Waals surface area contributed by atoms with Gasteiger partial charge in [-0.2, -0.15) is 4.98 Å². The lowest BCUT2D eigenvalue weighted by molar-refractivity contribution is 0.677. The Morgan fingerprint density at radius 1 is 1.35 bits per heavy atom. The van der Waals surface area contributed by atoms with Gasteiger partial charge in [-0.05, 0) is 20.3 Å². The first-order chi connectivity index (χ1) is 11.2. The van der Waals surface area contributed by atoms with Gasteiger partial charge < -0.3 is 15.2 Å². The summed E-state index contributed by atoms with van der Waals surface area (Å²) in [5.41, 5.74) is 2.69. The van der Waals surface area contributed by atoms with Crippen molar-refractivity contribution >= 4 is 23.7 Å². The van der Waals surface area contributed by atoms with Gasteiger partial charge >= 0.3 is 0 Å². The summed E-state index contributed by atoms with van der Waals surface area (Å²) in [4.78, 5) is 17.6. The maximum Gasteiger partial charge on any atom is 0.225 e. The Morgan fingerprint density at radius 3 is 2.87 bits per heavy atom. The van der Waals surface area contributed by atoms with E-state index in [1.54, 1.807) is 6.21 Å². The Hall–Kier alpha value is -2.44. The van der Waals surface area contributed by atoms with Crippen LogP contribution in [0.5, 0.6) is 0 Å². The van der Waals surface area contributed by atoms with Crippen molar-refractivity contribution in [2.75, 3.05) is 24.2 Å². The van der Waals surface area contributed by atoms with Gasteiger partial charge in [0.2, 0.25) is 5.95 Å². The first-order valence-corrected chi connectivity index (χ1v) is 7.97. The minimum Gasteiger partial charge on any atom is -0.371 e. The molecule has 23 heavy (non-hydrogen) atoms. The third-order valence-electron chi connectivity index (χ3n) is 3.39. The molecule has 0 unspecified atom stereocenters. The molecule has 0 atom stereocenters. The number of hydrogen-bond acceptors (Lipinski definition) is 6. The number of nitrogens with zero attached hydrogens (tertiary/aromatic N) is 5. The van der Waals surface area contributed by atoms with Crippen LogP contribution >= 0.6 is 0 Å². The topological polar surface area (TPSA) is 80.0 Å². The van der Waals surface area contributed by atoms with Crippen LogP contribution in [0.2, 0.25) is 0 Å². The summed E-state index contributed by atoms with van der Waals surface area (Å²) in [6.45, 7) is 7.72. The number of aromatic nitrogens is 4. The van der Waals surface area contributed by atoms with Crippen molar-refractivity contribution in [3.8, 4) is 0 Å². The van der Waals surface area contributed by atoms with Crippen LogP contribution < -0.4 is 10.6 Å². The number of aliphatic imine (C=N–C) groups is 1. The monoisotopic (exact) mass is 315 g/mol. The van der Waals surface area contributed by atoms with Crippen LogP contribution in [-0.2, 0) is 13.0 Å². The van der Waals surface area contributed by atoms with E-state index in [-0.39, 0.29) is 0 Å². The number of rotatable bonds is 8. The fraction of sp³-hybridized carbons (Fsp3) is 0.500. The van der Waals surface area contributed by atoms with Crippen molar-refractivity contribution in [2.45, 2.75) is 40.2 Å². The quantitative estimate of drug-likeness (QED) is 0.732. The zero-order valence-electron chi connectivity index (χ0n) is 14.3. The third-order valence-corrected chi connectivity index (χ3v) is 3.39. The van der Waals surface area contributed by atoms with Crippen molar-refractivity contribution in [1.82, 2.24) is 19.5 Å². The van der Waals surface area contributed by atoms with Crippen molar-refractivity contribution in [3.05, 3.63) is 23.9 Å². The zero-order chi connectivity index (χ0) is 16.7. The van der Waals surface area contributed by atoms with Gasteiger partial charge in [0.25, 0.3) is 0 Å². The van der Waals surface area contributed by atoms with Crippen LogP contribution in [0.4, 0.5) is 17.5 Å². The summed E-state index contributed by atoms with van der Waals surface area (Å²) in [5.74, 6) is 1.33. The van der Waals surface area contributed by atoms with Gasteiger partial charge in [0.15, 0.2) is 5.82 Å². The summed E-state index contributed by atoms with van der Waals surface area (Å²) < 4.78 is 2.12. The summed E-state index contributed by atoms with van der Waals surface area (Å²) in [6, 6.07) is 0. The van der Waals surface area contributed by atoms with Crippen molar-refractivity contribution < 1.29 is 0 Å². The largest absolute Gasteiger partial charge is 0.371 e. The van der Waals surface area contributed by atoms with E-state index < -0.39 is 0 Å². The van der Waals surface area contributed by atoms with E-state index in [4.69, 9.17) is 0 Å². The van der Waals surface area contributed by atoms with E-state index in [2.05, 4.69) is 48.3 Å². The third kappa shape index (κ3) is 4.51. The predicted molar refractivity (Wildman–Crippen MR) is 94.9 cm³/mol. The Morgan fingerprint density at radius 2 is 2.17 bits per heavy atom. The average molecular weight is 315 g/mol. The van der Waals surface area contributed by atoms with Crippen LogP contribution in [-0.4, -0.2) is 39.3 Å². The molecule has 2 rings (SSSR count). The minimum absolute atomic E-state index is 0.606. The molecule has 2 heterocycles. The van der Waals surface area contributed by atoms with Crippen LogP contribution in [0, 0.1) is 6.92 Å². The number of imidazole rings is 1. The lowest BCUT2D eigenvalue weighted by atomic mass is 10.3. The molecule has 0 saturated carbocycles. The molecule has 0 fully saturated rings. The maximum absolute atomic E-state index is 4.46. The second-order valence-electron chi connectivity index (χ2n) is 5.25. The number of hydrogen-bond donors (Lipinski definition) is 2. The fourth-order valence-electron chi connectivity index (χ4n) is 2.32. The highest BCUT2D eigenvalue weighted by Gasteiger charge is 2.09. The molecular weight excluding hydrogens is 290 g/mol. The van der Waals surface area contributed by atoms with E-state index in [0.717, 1.165) is 48.8 Å². The SMILES string of the molecule is CC=Nc1c(C)nc(NCCc2cn(CCC)cn2)nc1NC. The van der Waals surface area contributed by atoms with Gasteiger partial charge in [-0.1, -0.05) is 6.92 Å². The van der Waals surface area contributed by atoms with Crippen LogP contribution in [0.3, 0.4) is 0 Å². The first kappa shape index (κ1) is 16.9. The summed E-state index contributed by atoms with van der Waals surface area (Å²) in [7, 11) is 1.83. The van der Waals surface area contributed by atoms with Crippen LogP contribution in [0.1, 0.15) is 31.7 Å². The second kappa shape index (κ2) is 8.26. The van der Waals surface area contributed by atoms with Gasteiger partial charge in [0.1, 0.15) is 5.69 Å². The number of anilines is 2. The Balaban J connectivity index is 1.98. The fourth-order valence-corrected chi connectivity index (χ4v) is 2.32. The normalized spacial score (nSPS) is 11.1. The van der Waals surface area contributed by atoms with E-state index >= 15 is 0 Å². The smallest absolute Gasteiger partial charge is 0.225 e. The number of nitrogens with one attached hydrogen (secondary N) is 2. The van der Waals surface area contributed by atoms with Crippen molar-refractivity contribution in [1.29, 1.82) is 0 Å². The Labute approximate surface area is 137 Å². The molecule has 0 aliphatic heterocycles. The molecule has 0 bridgehead atoms. The van der Waals surface area contributed by atoms with Crippen LogP contribution in [0.15, 0.2) is 17.5 Å². The molecule has 7 heteroatoms. The maximum atomic E-state index is 4.46. The zero-order valence-corrected chi connectivity index (χ0v) is 14.3. The van der Waals surface area contributed by atoms with Gasteiger partial charge in [-0.15, -0.1) is 0 Å². The molecule has 2 aromatic rings. The molecule has 0 aromatic carbocycles. The van der Waals surface area contributed by atoms with E-state index in [9.17, 15) is 0 Å². The average Bonchev–Trinajstić information content (AvgIpc) is 2.97. The predicted octanol–water partition coefficient (Wildman–Crippen LogP) is 2.81. The lowest BCUT2D eigenvalue weighted by Crippen LogP contribution is -2.10. The van der Waals surface area contributed by atoms with E-state index in [1.165, 1.54) is 0 Å². The van der Waals surface area contributed by atoms with Crippen molar-refractivity contribution in [2.24, 2.45) is 4.99 Å². The molecule has 0 aliphatic carbocycles. The van der Waals surface area contributed by atoms with E-state index in [0.29, 0.717) is 5.95 Å². The summed E-state index contributed by atoms with van der Waals surface area (Å²) >= 11 is 0. The standard InChI is InChI=1S/C16H25N7/c1-5-9-23-10-13(20-11-23)7-8-19-16-21-12(3)14(18-6-2)15(17-4)22-16/h6,10-11H,5,7-9H2,1-4H3,(H2,17,19,21,22).